The Morgan fingerprint density at radius 2 is 1.27 bits per heavy atom. The van der Waals surface area contributed by atoms with Gasteiger partial charge in [0.25, 0.3) is 0 Å². The molecule has 0 aromatic heterocycles. The molecule has 0 rings (SSSR count). The third kappa shape index (κ3) is 7.98. The Kier molecular flexibility index (Phi) is 10.9. The van der Waals surface area contributed by atoms with Gasteiger partial charge in [0, 0.05) is 9.82 Å². The lowest BCUT2D eigenvalue weighted by atomic mass is 10.1. The lowest BCUT2D eigenvalue weighted by Gasteiger charge is -2.12. The molecule has 0 amide bonds. The number of azide groups is 2. The number of hydrogen-bond donors (Lipinski definition) is 0. The fourth-order valence-corrected chi connectivity index (χ4v) is 1.72. The minimum atomic E-state index is -0.884. The predicted molar refractivity (Wildman–Crippen MR) is 77.6 cm³/mol. The van der Waals surface area contributed by atoms with Gasteiger partial charge in [0.2, 0.25) is 0 Å². The van der Waals surface area contributed by atoms with Crippen molar-refractivity contribution in [3.63, 3.8) is 0 Å². The molecular formula is C12H20N6O4. The van der Waals surface area contributed by atoms with Gasteiger partial charge in [0.1, 0.15) is 12.1 Å². The zero-order valence-corrected chi connectivity index (χ0v) is 12.7. The van der Waals surface area contributed by atoms with Crippen molar-refractivity contribution in [3.8, 4) is 0 Å². The number of hydrogen-bond acceptors (Lipinski definition) is 6. The fourth-order valence-electron chi connectivity index (χ4n) is 1.72. The number of carbonyl (C=O) groups is 2. The molecule has 0 aromatic rings. The van der Waals surface area contributed by atoms with Crippen molar-refractivity contribution in [1.29, 1.82) is 0 Å². The van der Waals surface area contributed by atoms with E-state index in [0.717, 1.165) is 0 Å². The molecular weight excluding hydrogens is 292 g/mol. The van der Waals surface area contributed by atoms with E-state index < -0.39 is 24.0 Å². The van der Waals surface area contributed by atoms with E-state index in [0.29, 0.717) is 25.7 Å². The van der Waals surface area contributed by atoms with Crippen molar-refractivity contribution < 1.29 is 19.1 Å². The van der Waals surface area contributed by atoms with Crippen molar-refractivity contribution in [1.82, 2.24) is 0 Å². The van der Waals surface area contributed by atoms with Gasteiger partial charge in [-0.2, -0.15) is 0 Å². The molecule has 122 valence electrons. The van der Waals surface area contributed by atoms with Gasteiger partial charge in [-0.25, -0.2) is 0 Å². The molecule has 0 spiro atoms. The Bertz CT molecular complexity index is 415. The summed E-state index contributed by atoms with van der Waals surface area (Å²) < 4.78 is 9.60. The van der Waals surface area contributed by atoms with E-state index in [9.17, 15) is 9.59 Å². The Morgan fingerprint density at radius 1 is 0.909 bits per heavy atom. The first-order chi connectivity index (χ1) is 10.6. The van der Waals surface area contributed by atoms with Gasteiger partial charge in [-0.1, -0.05) is 23.1 Å². The second-order valence-electron chi connectivity index (χ2n) is 4.23. The highest BCUT2D eigenvalue weighted by atomic mass is 16.5. The summed E-state index contributed by atoms with van der Waals surface area (Å²) >= 11 is 0. The average Bonchev–Trinajstić information content (AvgIpc) is 2.49. The monoisotopic (exact) mass is 312 g/mol. The second-order valence-corrected chi connectivity index (χ2v) is 4.23. The van der Waals surface area contributed by atoms with E-state index in [1.54, 1.807) is 13.8 Å². The maximum Gasteiger partial charge on any atom is 0.314 e. The van der Waals surface area contributed by atoms with E-state index in [1.807, 2.05) is 0 Å². The first kappa shape index (κ1) is 19.6. The van der Waals surface area contributed by atoms with Crippen molar-refractivity contribution >= 4 is 11.9 Å². The van der Waals surface area contributed by atoms with Crippen LogP contribution in [0.3, 0.4) is 0 Å². The Balaban J connectivity index is 4.34. The van der Waals surface area contributed by atoms with E-state index >= 15 is 0 Å². The van der Waals surface area contributed by atoms with Crippen molar-refractivity contribution in [2.45, 2.75) is 51.6 Å². The summed E-state index contributed by atoms with van der Waals surface area (Å²) in [4.78, 5) is 28.3. The number of unbranched alkanes of at least 4 members (excludes halogenated alkanes) is 1. The molecule has 0 heterocycles. The molecule has 2 unspecified atom stereocenters. The van der Waals surface area contributed by atoms with E-state index in [2.05, 4.69) is 20.1 Å². The zero-order valence-electron chi connectivity index (χ0n) is 12.7. The lowest BCUT2D eigenvalue weighted by molar-refractivity contribution is -0.146. The van der Waals surface area contributed by atoms with Gasteiger partial charge < -0.3 is 9.47 Å². The van der Waals surface area contributed by atoms with Gasteiger partial charge in [-0.3, -0.25) is 9.59 Å². The molecule has 0 aliphatic carbocycles. The minimum Gasteiger partial charge on any atom is -0.466 e. The second kappa shape index (κ2) is 12.3. The fraction of sp³-hybridized carbons (Fsp3) is 0.833. The van der Waals surface area contributed by atoms with Gasteiger partial charge >= 0.3 is 11.9 Å². The van der Waals surface area contributed by atoms with Crippen LogP contribution in [0.25, 0.3) is 20.9 Å². The van der Waals surface area contributed by atoms with Crippen LogP contribution in [-0.4, -0.2) is 37.2 Å². The molecule has 0 bridgehead atoms. The quantitative estimate of drug-likeness (QED) is 0.189. The zero-order chi connectivity index (χ0) is 16.8. The summed E-state index contributed by atoms with van der Waals surface area (Å²) in [6.07, 6.45) is 1.63. The topological polar surface area (TPSA) is 150 Å². The Morgan fingerprint density at radius 3 is 1.55 bits per heavy atom. The number of ether oxygens (including phenoxy) is 2. The van der Waals surface area contributed by atoms with Crippen LogP contribution < -0.4 is 0 Å². The smallest absolute Gasteiger partial charge is 0.314 e. The van der Waals surface area contributed by atoms with Gasteiger partial charge in [-0.05, 0) is 37.8 Å². The molecule has 0 aromatic carbocycles. The molecule has 0 aliphatic heterocycles. The Hall–Kier alpha value is -2.44. The maximum absolute atomic E-state index is 11.5. The highest BCUT2D eigenvalue weighted by Crippen LogP contribution is 2.13. The first-order valence-electron chi connectivity index (χ1n) is 7.02. The summed E-state index contributed by atoms with van der Waals surface area (Å²) in [5.41, 5.74) is 16.9. The number of esters is 2. The Labute approximate surface area is 128 Å². The summed E-state index contributed by atoms with van der Waals surface area (Å²) in [5, 5.41) is 6.79. The number of nitrogens with zero attached hydrogens (tertiary/aromatic N) is 6. The normalized spacial score (nSPS) is 12.3. The largest absolute Gasteiger partial charge is 0.466 e. The van der Waals surface area contributed by atoms with Crippen LogP contribution in [0.1, 0.15) is 39.5 Å². The third-order valence-corrected chi connectivity index (χ3v) is 2.70. The highest BCUT2D eigenvalue weighted by Gasteiger charge is 2.20. The number of carbonyl (C=O) groups excluding carboxylic acids is 2. The predicted octanol–water partition coefficient (Wildman–Crippen LogP) is 3.03. The van der Waals surface area contributed by atoms with E-state index in [-0.39, 0.29) is 13.2 Å². The van der Waals surface area contributed by atoms with Crippen LogP contribution in [0, 0.1) is 0 Å². The molecule has 0 saturated heterocycles. The van der Waals surface area contributed by atoms with Gasteiger partial charge in [0.05, 0.1) is 13.2 Å². The summed E-state index contributed by atoms with van der Waals surface area (Å²) in [7, 11) is 0. The first-order valence-corrected chi connectivity index (χ1v) is 7.02. The van der Waals surface area contributed by atoms with Gasteiger partial charge in [-0.15, -0.1) is 0 Å². The van der Waals surface area contributed by atoms with Crippen LogP contribution in [0.5, 0.6) is 0 Å². The summed E-state index contributed by atoms with van der Waals surface area (Å²) in [6.45, 7) is 3.74. The number of rotatable bonds is 11. The maximum atomic E-state index is 11.5. The molecule has 0 N–H and O–H groups in total. The average molecular weight is 312 g/mol. The van der Waals surface area contributed by atoms with Crippen molar-refractivity contribution in [2.75, 3.05) is 13.2 Å². The highest BCUT2D eigenvalue weighted by molar-refractivity contribution is 5.76. The van der Waals surface area contributed by atoms with E-state index in [1.165, 1.54) is 0 Å². The van der Waals surface area contributed by atoms with Gasteiger partial charge in [0.15, 0.2) is 0 Å². The van der Waals surface area contributed by atoms with Crippen LogP contribution in [0.2, 0.25) is 0 Å². The van der Waals surface area contributed by atoms with Crippen molar-refractivity contribution in [2.24, 2.45) is 10.2 Å². The molecule has 10 heteroatoms. The molecule has 0 radical (unpaired) electrons. The molecule has 22 heavy (non-hydrogen) atoms. The third-order valence-electron chi connectivity index (χ3n) is 2.70. The van der Waals surface area contributed by atoms with Crippen LogP contribution in [0.4, 0.5) is 0 Å². The van der Waals surface area contributed by atoms with Crippen LogP contribution in [-0.2, 0) is 19.1 Å². The molecule has 0 saturated carbocycles. The van der Waals surface area contributed by atoms with Crippen LogP contribution in [0.15, 0.2) is 10.2 Å². The van der Waals surface area contributed by atoms with E-state index in [4.69, 9.17) is 20.5 Å². The van der Waals surface area contributed by atoms with Crippen LogP contribution >= 0.6 is 0 Å². The van der Waals surface area contributed by atoms with Crippen molar-refractivity contribution in [3.05, 3.63) is 20.9 Å². The molecule has 0 aliphatic rings. The molecule has 0 fully saturated rings. The summed E-state index contributed by atoms with van der Waals surface area (Å²) in [6, 6.07) is -1.77. The minimum absolute atomic E-state index is 0.206. The lowest BCUT2D eigenvalue weighted by Crippen LogP contribution is -2.22. The standard InChI is InChI=1S/C12H20N6O4/c1-3-21-11(19)9(15-17-13)7-5-6-8-10(16-18-14)12(20)22-4-2/h9-10H,3-8H2,1-2H3. The summed E-state index contributed by atoms with van der Waals surface area (Å²) in [5.74, 6) is -1.14. The molecule has 2 atom stereocenters. The molecule has 10 nitrogen and oxygen atoms in total. The SMILES string of the molecule is CCOC(=O)C(CCCCC(N=[N+]=[N-])C(=O)OCC)N=[N+]=[N-].